The van der Waals surface area contributed by atoms with E-state index in [4.69, 9.17) is 8.23 Å². The molecule has 0 saturated carbocycles. The average Bonchev–Trinajstić information content (AvgIpc) is 1.69. The molecule has 0 amide bonds. The summed E-state index contributed by atoms with van der Waals surface area (Å²) >= 11 is 0. The molecule has 0 radical (unpaired) electrons. The fourth-order valence-electron chi connectivity index (χ4n) is 1.94. The van der Waals surface area contributed by atoms with Gasteiger partial charge in [-0.25, -0.2) is 0 Å². The van der Waals surface area contributed by atoms with E-state index in [0.717, 1.165) is 0 Å². The zero-order valence-electron chi connectivity index (χ0n) is 12.0. The number of hydrogen-bond donors (Lipinski definition) is 1. The van der Waals surface area contributed by atoms with E-state index in [1.54, 1.807) is 0 Å². The molecule has 0 aliphatic rings. The van der Waals surface area contributed by atoms with Crippen LogP contribution >= 0.6 is 0 Å². The van der Waals surface area contributed by atoms with Gasteiger partial charge in [0.1, 0.15) is 0 Å². The van der Waals surface area contributed by atoms with Gasteiger partial charge in [-0.1, -0.05) is 0 Å². The number of rotatable bonds is 6. The minimum Gasteiger partial charge on any atom is -0.437 e. The Hall–Kier alpha value is 0.531. The number of aliphatic hydroxyl groups excluding tert-OH is 1. The molecule has 0 aliphatic carbocycles. The van der Waals surface area contributed by atoms with Gasteiger partial charge in [-0.3, -0.25) is 0 Å². The SMILES string of the molecule is CC(O)C[Si](C)(O[Si](C)(C)C)O[Si](C)(C)C. The molecule has 1 atom stereocenters. The van der Waals surface area contributed by atoms with Crippen molar-refractivity contribution in [3.63, 3.8) is 0 Å². The van der Waals surface area contributed by atoms with Crippen LogP contribution in [0.15, 0.2) is 0 Å². The molecular weight excluding hydrogens is 252 g/mol. The molecule has 1 unspecified atom stereocenters. The van der Waals surface area contributed by atoms with Crippen LogP contribution in [0.25, 0.3) is 0 Å². The van der Waals surface area contributed by atoms with Gasteiger partial charge in [0.25, 0.3) is 0 Å². The van der Waals surface area contributed by atoms with Gasteiger partial charge in [0, 0.05) is 6.04 Å². The summed E-state index contributed by atoms with van der Waals surface area (Å²) in [5.74, 6) is 0. The number of hydrogen-bond acceptors (Lipinski definition) is 3. The molecule has 0 aromatic carbocycles. The maximum absolute atomic E-state index is 9.59. The van der Waals surface area contributed by atoms with Gasteiger partial charge >= 0.3 is 8.56 Å². The molecule has 16 heavy (non-hydrogen) atoms. The lowest BCUT2D eigenvalue weighted by Crippen LogP contribution is -2.53. The molecule has 1 N–H and O–H groups in total. The summed E-state index contributed by atoms with van der Waals surface area (Å²) in [6.07, 6.45) is -0.343. The van der Waals surface area contributed by atoms with Crippen molar-refractivity contribution < 1.29 is 13.3 Å². The van der Waals surface area contributed by atoms with E-state index in [-0.39, 0.29) is 6.10 Å². The van der Waals surface area contributed by atoms with Crippen molar-refractivity contribution in [2.45, 2.75) is 64.9 Å². The van der Waals surface area contributed by atoms with E-state index < -0.39 is 25.2 Å². The van der Waals surface area contributed by atoms with E-state index in [9.17, 15) is 5.11 Å². The third-order valence-electron chi connectivity index (χ3n) is 1.71. The summed E-state index contributed by atoms with van der Waals surface area (Å²) in [4.78, 5) is 0. The third kappa shape index (κ3) is 8.66. The molecule has 0 aliphatic heterocycles. The second kappa shape index (κ2) is 5.45. The normalized spacial score (nSPS) is 16.3. The highest BCUT2D eigenvalue weighted by atomic mass is 28.5. The van der Waals surface area contributed by atoms with Gasteiger partial charge in [0.2, 0.25) is 0 Å². The molecule has 0 heterocycles. The molecule has 3 nitrogen and oxygen atoms in total. The molecule has 98 valence electrons. The Morgan fingerprint density at radius 3 is 1.38 bits per heavy atom. The lowest BCUT2D eigenvalue weighted by atomic mass is 10.5. The molecular formula is C10H28O3Si3. The van der Waals surface area contributed by atoms with E-state index >= 15 is 0 Å². The van der Waals surface area contributed by atoms with Gasteiger partial charge in [-0.05, 0) is 52.8 Å². The fraction of sp³-hybridized carbons (Fsp3) is 1.00. The van der Waals surface area contributed by atoms with Crippen molar-refractivity contribution in [1.29, 1.82) is 0 Å². The predicted molar refractivity (Wildman–Crippen MR) is 77.0 cm³/mol. The Kier molecular flexibility index (Phi) is 5.63. The maximum Gasteiger partial charge on any atom is 0.316 e. The van der Waals surface area contributed by atoms with Crippen LogP contribution in [0.4, 0.5) is 0 Å². The quantitative estimate of drug-likeness (QED) is 0.760. The van der Waals surface area contributed by atoms with Crippen LogP contribution in [-0.4, -0.2) is 36.4 Å². The standard InChI is InChI=1S/C10H28O3Si3/c1-10(11)9-16(8,12-14(2,3)4)13-15(5,6)7/h10-11H,9H2,1-8H3. The minimum absolute atomic E-state index is 0.343. The number of aliphatic hydroxyl groups is 1. The first-order valence-electron chi connectivity index (χ1n) is 5.91. The van der Waals surface area contributed by atoms with Crippen LogP contribution < -0.4 is 0 Å². The summed E-state index contributed by atoms with van der Waals surface area (Å²) in [6, 6.07) is 0.668. The summed E-state index contributed by atoms with van der Waals surface area (Å²) < 4.78 is 12.5. The van der Waals surface area contributed by atoms with Crippen LogP contribution in [0.3, 0.4) is 0 Å². The highest BCUT2D eigenvalue weighted by Gasteiger charge is 2.40. The van der Waals surface area contributed by atoms with Crippen molar-refractivity contribution in [2.75, 3.05) is 0 Å². The van der Waals surface area contributed by atoms with Gasteiger partial charge in [-0.2, -0.15) is 0 Å². The van der Waals surface area contributed by atoms with Crippen LogP contribution in [0.2, 0.25) is 51.9 Å². The second-order valence-electron chi connectivity index (χ2n) is 6.62. The van der Waals surface area contributed by atoms with E-state index in [1.807, 2.05) is 6.92 Å². The molecule has 0 bridgehead atoms. The Morgan fingerprint density at radius 2 is 1.19 bits per heavy atom. The molecule has 0 fully saturated rings. The summed E-state index contributed by atoms with van der Waals surface area (Å²) in [6.45, 7) is 17.0. The maximum atomic E-state index is 9.59. The summed E-state index contributed by atoms with van der Waals surface area (Å²) in [7, 11) is -5.43. The molecule has 0 aromatic rings. The van der Waals surface area contributed by atoms with Crippen LogP contribution in [0.5, 0.6) is 0 Å². The first-order chi connectivity index (χ1) is 6.83. The predicted octanol–water partition coefficient (Wildman–Crippen LogP) is 3.14. The first kappa shape index (κ1) is 16.5. The molecule has 0 aromatic heterocycles. The van der Waals surface area contributed by atoms with Crippen molar-refractivity contribution in [3.05, 3.63) is 0 Å². The Bertz CT molecular complexity index is 202. The van der Waals surface area contributed by atoms with Gasteiger partial charge < -0.3 is 13.3 Å². The highest BCUT2D eigenvalue weighted by molar-refractivity contribution is 6.87. The zero-order valence-corrected chi connectivity index (χ0v) is 15.0. The second-order valence-corrected chi connectivity index (χ2v) is 19.4. The van der Waals surface area contributed by atoms with Crippen LogP contribution in [0.1, 0.15) is 6.92 Å². The largest absolute Gasteiger partial charge is 0.437 e. The Labute approximate surface area is 104 Å². The van der Waals surface area contributed by atoms with Crippen LogP contribution in [0, 0.1) is 0 Å². The monoisotopic (exact) mass is 280 g/mol. The molecule has 0 spiro atoms. The van der Waals surface area contributed by atoms with Gasteiger partial charge in [0.05, 0.1) is 6.10 Å². The van der Waals surface area contributed by atoms with E-state index in [1.165, 1.54) is 0 Å². The van der Waals surface area contributed by atoms with Gasteiger partial charge in [0.15, 0.2) is 16.6 Å². The van der Waals surface area contributed by atoms with Crippen molar-refractivity contribution >= 4 is 25.2 Å². The third-order valence-corrected chi connectivity index (χ3v) is 11.4. The molecule has 6 heteroatoms. The van der Waals surface area contributed by atoms with Gasteiger partial charge in [-0.15, -0.1) is 0 Å². The Morgan fingerprint density at radius 1 is 0.875 bits per heavy atom. The van der Waals surface area contributed by atoms with E-state index in [0.29, 0.717) is 6.04 Å². The Balaban J connectivity index is 4.75. The smallest absolute Gasteiger partial charge is 0.316 e. The van der Waals surface area contributed by atoms with Crippen molar-refractivity contribution in [3.8, 4) is 0 Å². The summed E-state index contributed by atoms with van der Waals surface area (Å²) in [5.41, 5.74) is 0. The lowest BCUT2D eigenvalue weighted by Gasteiger charge is -2.39. The van der Waals surface area contributed by atoms with Crippen molar-refractivity contribution in [1.82, 2.24) is 0 Å². The highest BCUT2D eigenvalue weighted by Crippen LogP contribution is 2.25. The minimum atomic E-state index is -2.21. The molecule has 0 rings (SSSR count). The summed E-state index contributed by atoms with van der Waals surface area (Å²) in [5, 5.41) is 9.59. The average molecular weight is 281 g/mol. The van der Waals surface area contributed by atoms with Crippen LogP contribution in [-0.2, 0) is 8.23 Å². The first-order valence-corrected chi connectivity index (χ1v) is 15.3. The fourth-order valence-corrected chi connectivity index (χ4v) is 14.6. The van der Waals surface area contributed by atoms with E-state index in [2.05, 4.69) is 45.8 Å². The topological polar surface area (TPSA) is 38.7 Å². The lowest BCUT2D eigenvalue weighted by molar-refractivity contribution is 0.201. The molecule has 0 saturated heterocycles. The van der Waals surface area contributed by atoms with Crippen molar-refractivity contribution in [2.24, 2.45) is 0 Å². The zero-order chi connectivity index (χ0) is 13.2.